The minimum absolute atomic E-state index is 0.0121. The van der Waals surface area contributed by atoms with Crippen LogP contribution in [0.5, 0.6) is 0 Å². The van der Waals surface area contributed by atoms with Gasteiger partial charge in [0.25, 0.3) is 0 Å². The van der Waals surface area contributed by atoms with Crippen LogP contribution in [-0.4, -0.2) is 312 Å². The smallest absolute Gasteiger partial charge is 0.234 e. The first-order valence-corrected chi connectivity index (χ1v) is 43.4. The summed E-state index contributed by atoms with van der Waals surface area (Å²) in [6, 6.07) is 21.0. The summed E-state index contributed by atoms with van der Waals surface area (Å²) in [5.74, 6) is 2.40. The zero-order valence-corrected chi connectivity index (χ0v) is 73.0. The number of likely N-dealkylation sites (tertiary alicyclic amines) is 2. The molecule has 1 atom stereocenters. The van der Waals surface area contributed by atoms with Gasteiger partial charge in [0.1, 0.15) is 0 Å². The molecule has 1 saturated carbocycles. The monoisotopic (exact) mass is 1580 g/mol. The Labute approximate surface area is 676 Å². The number of piperidine rings is 2. The number of likely N-dealkylation sites (N-methyl/N-ethyl adjacent to an activating group) is 1. The number of anilines is 1. The lowest BCUT2D eigenvalue weighted by atomic mass is 9.91. The first-order valence-electron chi connectivity index (χ1n) is 43.4. The third-order valence-electron chi connectivity index (χ3n) is 22.1. The third-order valence-corrected chi connectivity index (χ3v) is 22.1. The highest BCUT2D eigenvalue weighted by molar-refractivity contribution is 5.80. The number of rotatable bonds is 24. The average Bonchev–Trinajstić information content (AvgIpc) is 0.945. The molecule has 1 unspecified atom stereocenters. The molecule has 1 aliphatic carbocycles. The molecule has 7 heterocycles. The van der Waals surface area contributed by atoms with Crippen LogP contribution in [0.4, 0.5) is 14.6 Å². The van der Waals surface area contributed by atoms with Crippen molar-refractivity contribution in [3.8, 4) is 0 Å². The predicted octanol–water partition coefficient (Wildman–Crippen LogP) is 9.44. The number of carbonyl (C=O) groups excluding carboxylic acids is 7. The van der Waals surface area contributed by atoms with E-state index in [9.17, 15) is 42.5 Å². The second kappa shape index (κ2) is 54.1. The third kappa shape index (κ3) is 40.1. The Morgan fingerprint density at radius 1 is 0.429 bits per heavy atom. The number of benzene rings is 2. The summed E-state index contributed by atoms with van der Waals surface area (Å²) in [4.78, 5) is 101. The Morgan fingerprint density at radius 2 is 0.875 bits per heavy atom. The van der Waals surface area contributed by atoms with Crippen LogP contribution in [0.15, 0.2) is 54.6 Å². The number of quaternary nitrogens is 1. The summed E-state index contributed by atoms with van der Waals surface area (Å²) in [6.07, 6.45) is 14.3. The molecule has 8 aliphatic rings. The number of para-hydroxylation sites is 1. The number of hydrogen-bond donors (Lipinski definition) is 5. The van der Waals surface area contributed by atoms with Crippen molar-refractivity contribution in [2.75, 3.05) is 208 Å². The van der Waals surface area contributed by atoms with Gasteiger partial charge in [0.2, 0.25) is 41.4 Å². The molecule has 6 saturated heterocycles. The fourth-order valence-corrected chi connectivity index (χ4v) is 14.8. The highest BCUT2D eigenvalue weighted by atomic mass is 19.4. The summed E-state index contributed by atoms with van der Waals surface area (Å²) in [5, 5.41) is 14.6. The summed E-state index contributed by atoms with van der Waals surface area (Å²) in [6.45, 7) is 56.9. The molecule has 640 valence electrons. The number of piperazine rings is 4. The largest absolute Gasteiger partial charge is 0.370 e. The van der Waals surface area contributed by atoms with Crippen LogP contribution >= 0.6 is 0 Å². The summed E-state index contributed by atoms with van der Waals surface area (Å²) in [5.41, 5.74) is 4.21. The van der Waals surface area contributed by atoms with Gasteiger partial charge in [0, 0.05) is 212 Å². The van der Waals surface area contributed by atoms with Crippen LogP contribution < -0.4 is 31.5 Å². The zero-order chi connectivity index (χ0) is 82.7. The second-order valence-electron chi connectivity index (χ2n) is 34.4. The SMILES string of the molecule is CC(C)C(=O)N1CCN(C(C)C)CC1.CC(C)C(=O)N1CCN(C2CCCC2)CC1.CC(C)C(=O)NCCN1CCCC(c2ccccc2)C1.CC(C)C(=O)NCCN1CCCc2ccccc21.CC(C)C(=O)NCCN1CCN(C)CC1.CC(C)C(=O)NCCN1CC[N+](F)(F)CC1.CC(C)NC(=O)CN1CCCCC1. The molecule has 0 radical (unpaired) electrons. The highest BCUT2D eigenvalue weighted by Gasteiger charge is 2.36. The summed E-state index contributed by atoms with van der Waals surface area (Å²) in [7, 11) is 2.15. The lowest BCUT2D eigenvalue weighted by molar-refractivity contribution is -1.17. The molecule has 0 aromatic heterocycles. The number of halogens is 2. The number of hydrogen-bond acceptors (Lipinski definition) is 15. The van der Waals surface area contributed by atoms with Gasteiger partial charge in [-0.25, -0.2) is 0 Å². The van der Waals surface area contributed by atoms with Gasteiger partial charge in [0.05, 0.1) is 24.6 Å². The van der Waals surface area contributed by atoms with E-state index in [1.807, 2.05) is 112 Å². The van der Waals surface area contributed by atoms with E-state index in [1.54, 1.807) is 0 Å². The van der Waals surface area contributed by atoms with Crippen molar-refractivity contribution in [1.82, 2.24) is 70.7 Å². The first-order chi connectivity index (χ1) is 53.2. The molecule has 112 heavy (non-hydrogen) atoms. The summed E-state index contributed by atoms with van der Waals surface area (Å²) >= 11 is 0. The highest BCUT2D eigenvalue weighted by Crippen LogP contribution is 2.29. The standard InChI is InChI=1S/C17H26N2O.C15H22N2O.C13H24N2O.C11H23N3O.C11H22N2O.C10H19F2N3O.C10H20N2O/c1-14(2)17(20)18-10-12-19-11-6-9-16(13-19)15-7-4-3-5-8-15;1-12(2)15(18)16-9-11-17-10-5-7-13-6-3-4-8-14(13)17;1-11(2)13(16)15-9-7-14(8-10-15)12-5-3-4-6-12;1-10(2)11(15)12-4-5-14-8-6-13(3)7-9-14;1-9(2)11(14)13-7-5-12(6-8-13)10(3)4;1-9(2)10(16)13-3-4-14-5-7-15(11,12)8-6-14;1-9(2)11-10(13)8-12-6-4-3-5-7-12/h3-5,7-8,14,16H,6,9-13H2,1-2H3,(H,18,20);3-4,6,8,12H,5,7,9-11H2,1-2H3,(H,16,18);11-12H,3-10H2,1-2H3;10H,4-9H2,1-3H3,(H,12,15);9-10H,5-8H2,1-4H3;9H,3-8H2,1-2H3;9H,3-8H2,1-2H3,(H,11,13)/p+1. The molecule has 7 amide bonds. The average molecular weight is 1580 g/mol. The molecule has 10 rings (SSSR count). The quantitative estimate of drug-likeness (QED) is 0.0620. The molecule has 7 fully saturated rings. The number of fused-ring (bicyclic) bond motifs is 1. The Bertz CT molecular complexity index is 2940. The predicted molar refractivity (Wildman–Crippen MR) is 453 cm³/mol. The number of nitrogens with one attached hydrogen (secondary N) is 5. The van der Waals surface area contributed by atoms with E-state index in [0.29, 0.717) is 56.5 Å². The van der Waals surface area contributed by atoms with Crippen molar-refractivity contribution in [3.63, 3.8) is 0 Å². The van der Waals surface area contributed by atoms with Gasteiger partial charge in [-0.15, -0.1) is 0 Å². The molecule has 23 nitrogen and oxygen atoms in total. The number of carbonyl (C=O) groups is 7. The normalized spacial score (nSPS) is 19.6. The topological polar surface area (TPSA) is 212 Å². The van der Waals surface area contributed by atoms with Gasteiger partial charge in [-0.3, -0.25) is 58.1 Å². The molecule has 7 aliphatic heterocycles. The Kier molecular flexibility index (Phi) is 47.5. The van der Waals surface area contributed by atoms with Crippen molar-refractivity contribution < 1.29 is 47.5 Å². The molecular formula is C87H157F2N16O7+. The first kappa shape index (κ1) is 98.4. The van der Waals surface area contributed by atoms with Crippen molar-refractivity contribution in [2.24, 2.45) is 35.5 Å². The van der Waals surface area contributed by atoms with Crippen LogP contribution in [0.2, 0.25) is 0 Å². The zero-order valence-electron chi connectivity index (χ0n) is 73.0. The van der Waals surface area contributed by atoms with Gasteiger partial charge >= 0.3 is 0 Å². The number of aryl methyl sites for hydroxylation is 1. The maximum atomic E-state index is 12.8. The van der Waals surface area contributed by atoms with Crippen LogP contribution in [0.3, 0.4) is 0 Å². The lowest BCUT2D eigenvalue weighted by Crippen LogP contribution is -2.52. The number of amides is 7. The van der Waals surface area contributed by atoms with Crippen molar-refractivity contribution >= 4 is 47.0 Å². The van der Waals surface area contributed by atoms with E-state index in [2.05, 4.69) is 136 Å². The fourth-order valence-electron chi connectivity index (χ4n) is 14.8. The van der Waals surface area contributed by atoms with Crippen molar-refractivity contribution in [1.29, 1.82) is 0 Å². The Balaban J connectivity index is 0.000000277. The molecule has 2 aromatic rings. The van der Waals surface area contributed by atoms with Crippen LogP contribution in [0.1, 0.15) is 192 Å². The molecule has 25 heteroatoms. The van der Waals surface area contributed by atoms with Crippen LogP contribution in [0.25, 0.3) is 0 Å². The van der Waals surface area contributed by atoms with Crippen LogP contribution in [0, 0.1) is 35.5 Å². The van der Waals surface area contributed by atoms with E-state index in [-0.39, 0.29) is 84.2 Å². The molecule has 5 N–H and O–H groups in total. The van der Waals surface area contributed by atoms with Crippen molar-refractivity contribution in [3.05, 3.63) is 65.7 Å². The van der Waals surface area contributed by atoms with Gasteiger partial charge in [-0.1, -0.05) is 151 Å². The van der Waals surface area contributed by atoms with Crippen molar-refractivity contribution in [2.45, 2.75) is 205 Å². The molecular weight excluding hydrogens is 1420 g/mol. The minimum atomic E-state index is -1.88. The van der Waals surface area contributed by atoms with Gasteiger partial charge in [-0.05, 0) is 129 Å². The fraction of sp³-hybridized carbons (Fsp3) is 0.782. The van der Waals surface area contributed by atoms with Gasteiger partial charge in [-0.2, -0.15) is 0 Å². The molecule has 0 bridgehead atoms. The van der Waals surface area contributed by atoms with Gasteiger partial charge in [0.15, 0.2) is 13.1 Å². The lowest BCUT2D eigenvalue weighted by Gasteiger charge is -2.38. The Hall–Kier alpha value is -5.93. The van der Waals surface area contributed by atoms with Crippen LogP contribution in [-0.2, 0) is 40.0 Å². The number of nitrogens with zero attached hydrogens (tertiary/aromatic N) is 11. The Morgan fingerprint density at radius 3 is 1.35 bits per heavy atom. The van der Waals surface area contributed by atoms with E-state index >= 15 is 0 Å². The maximum Gasteiger partial charge on any atom is 0.234 e. The van der Waals surface area contributed by atoms with Gasteiger partial charge < -0.3 is 51.1 Å². The molecule has 0 spiro atoms. The minimum Gasteiger partial charge on any atom is -0.370 e. The maximum absolute atomic E-state index is 12.8. The molecule has 2 aromatic carbocycles. The second-order valence-corrected chi connectivity index (χ2v) is 34.4. The van der Waals surface area contributed by atoms with E-state index < -0.39 is 4.93 Å². The summed E-state index contributed by atoms with van der Waals surface area (Å²) < 4.78 is 25.6. The van der Waals surface area contributed by atoms with E-state index in [0.717, 1.165) is 157 Å². The van der Waals surface area contributed by atoms with E-state index in [1.165, 1.54) is 87.4 Å². The van der Waals surface area contributed by atoms with E-state index in [4.69, 9.17) is 0 Å².